The highest BCUT2D eigenvalue weighted by atomic mass is 16.5. The molecule has 5 aromatic rings. The molecule has 44 heavy (non-hydrogen) atoms. The second kappa shape index (κ2) is 12.7. The number of amides is 1. The second-order valence-electron chi connectivity index (χ2n) is 10.6. The standard InChI is InChI=1S/C37H30N2O5/c1-25-8-5-9-26(20-25)24-43-30-17-15-28(16-18-30)35(40)33-34(39(37(42)36(33)41)23-27-10-7-19-38-22-27)29-11-6-14-32(21-29)44-31-12-3-2-4-13-31/h2-22,34,40H,23-24H2,1H3. The summed E-state index contributed by atoms with van der Waals surface area (Å²) in [6, 6.07) is 34.2. The molecule has 1 atom stereocenters. The number of nitrogens with zero attached hydrogens (tertiary/aromatic N) is 2. The van der Waals surface area contributed by atoms with Crippen LogP contribution in [0.15, 0.2) is 133 Å². The van der Waals surface area contributed by atoms with Crippen LogP contribution in [-0.4, -0.2) is 26.7 Å². The number of hydrogen-bond acceptors (Lipinski definition) is 6. The van der Waals surface area contributed by atoms with Gasteiger partial charge >= 0.3 is 0 Å². The van der Waals surface area contributed by atoms with E-state index in [1.165, 1.54) is 4.90 Å². The van der Waals surface area contributed by atoms with Gasteiger partial charge in [0, 0.05) is 24.5 Å². The number of para-hydroxylation sites is 1. The van der Waals surface area contributed by atoms with Crippen molar-refractivity contribution < 1.29 is 24.2 Å². The monoisotopic (exact) mass is 582 g/mol. The van der Waals surface area contributed by atoms with E-state index in [1.807, 2.05) is 67.6 Å². The molecule has 1 fully saturated rings. The van der Waals surface area contributed by atoms with Crippen molar-refractivity contribution in [2.24, 2.45) is 0 Å². The molecule has 1 amide bonds. The van der Waals surface area contributed by atoms with Gasteiger partial charge in [0.15, 0.2) is 0 Å². The summed E-state index contributed by atoms with van der Waals surface area (Å²) in [7, 11) is 0. The molecule has 1 N–H and O–H groups in total. The molecule has 1 aliphatic rings. The molecule has 7 nitrogen and oxygen atoms in total. The maximum absolute atomic E-state index is 13.6. The van der Waals surface area contributed by atoms with Gasteiger partial charge in [-0.2, -0.15) is 0 Å². The van der Waals surface area contributed by atoms with Crippen LogP contribution in [0.5, 0.6) is 17.2 Å². The SMILES string of the molecule is Cc1cccc(COc2ccc(C(O)=C3C(=O)C(=O)N(Cc4cccnc4)C3c3cccc(Oc4ccccc4)c3)cc2)c1. The number of rotatable bonds is 9. The predicted octanol–water partition coefficient (Wildman–Crippen LogP) is 7.38. The number of carbonyl (C=O) groups excluding carboxylic acids is 2. The molecule has 1 aromatic heterocycles. The van der Waals surface area contributed by atoms with Crippen LogP contribution in [0.1, 0.15) is 33.9 Å². The molecule has 1 aliphatic heterocycles. The lowest BCUT2D eigenvalue weighted by atomic mass is 9.95. The number of Topliss-reactive ketones (excluding diaryl/α,β-unsaturated/α-hetero) is 1. The first-order chi connectivity index (χ1) is 21.5. The van der Waals surface area contributed by atoms with Gasteiger partial charge < -0.3 is 19.5 Å². The third kappa shape index (κ3) is 6.22. The molecule has 4 aromatic carbocycles. The van der Waals surface area contributed by atoms with Crippen LogP contribution in [0, 0.1) is 6.92 Å². The number of ketones is 1. The molecule has 218 valence electrons. The van der Waals surface area contributed by atoms with E-state index >= 15 is 0 Å². The second-order valence-corrected chi connectivity index (χ2v) is 10.6. The lowest BCUT2D eigenvalue weighted by molar-refractivity contribution is -0.140. The van der Waals surface area contributed by atoms with Gasteiger partial charge in [0.2, 0.25) is 0 Å². The fraction of sp³-hybridized carbons (Fsp3) is 0.108. The first-order valence-corrected chi connectivity index (χ1v) is 14.3. The normalized spacial score (nSPS) is 15.8. The van der Waals surface area contributed by atoms with Gasteiger partial charge in [-0.05, 0) is 78.2 Å². The van der Waals surface area contributed by atoms with E-state index in [0.717, 1.165) is 16.7 Å². The van der Waals surface area contributed by atoms with Crippen LogP contribution in [0.2, 0.25) is 0 Å². The Kier molecular flexibility index (Phi) is 8.19. The Morgan fingerprint density at radius 3 is 2.30 bits per heavy atom. The van der Waals surface area contributed by atoms with Gasteiger partial charge in [-0.3, -0.25) is 14.6 Å². The summed E-state index contributed by atoms with van der Waals surface area (Å²) < 4.78 is 12.0. The van der Waals surface area contributed by atoms with Crippen molar-refractivity contribution in [2.45, 2.75) is 26.1 Å². The third-order valence-corrected chi connectivity index (χ3v) is 7.38. The van der Waals surface area contributed by atoms with Crippen molar-refractivity contribution in [1.82, 2.24) is 9.88 Å². The number of benzene rings is 4. The van der Waals surface area contributed by atoms with Crippen molar-refractivity contribution in [3.05, 3.63) is 161 Å². The molecule has 0 saturated carbocycles. The van der Waals surface area contributed by atoms with Crippen molar-refractivity contribution in [2.75, 3.05) is 0 Å². The molecule has 0 bridgehead atoms. The lowest BCUT2D eigenvalue weighted by Gasteiger charge is -2.25. The molecule has 2 heterocycles. The Morgan fingerprint density at radius 2 is 1.55 bits per heavy atom. The minimum atomic E-state index is -0.855. The van der Waals surface area contributed by atoms with E-state index in [-0.39, 0.29) is 17.9 Å². The molecule has 7 heteroatoms. The van der Waals surface area contributed by atoms with Gasteiger partial charge in [0.25, 0.3) is 11.7 Å². The van der Waals surface area contributed by atoms with E-state index in [1.54, 1.807) is 60.9 Å². The highest BCUT2D eigenvalue weighted by molar-refractivity contribution is 6.46. The third-order valence-electron chi connectivity index (χ3n) is 7.38. The summed E-state index contributed by atoms with van der Waals surface area (Å²) in [5.74, 6) is 0.0806. The zero-order valence-electron chi connectivity index (χ0n) is 24.1. The fourth-order valence-electron chi connectivity index (χ4n) is 5.28. The molecule has 1 unspecified atom stereocenters. The number of aliphatic hydroxyl groups excluding tert-OH is 1. The van der Waals surface area contributed by atoms with E-state index < -0.39 is 17.7 Å². The molecule has 0 aliphatic carbocycles. The van der Waals surface area contributed by atoms with Crippen LogP contribution in [0.4, 0.5) is 0 Å². The molecular weight excluding hydrogens is 552 g/mol. The lowest BCUT2D eigenvalue weighted by Crippen LogP contribution is -2.29. The first kappa shape index (κ1) is 28.4. The Labute approximate surface area is 255 Å². The number of hydrogen-bond donors (Lipinski definition) is 1. The number of aliphatic hydroxyl groups is 1. The largest absolute Gasteiger partial charge is 0.507 e. The van der Waals surface area contributed by atoms with Gasteiger partial charge in [-0.1, -0.05) is 66.2 Å². The van der Waals surface area contributed by atoms with E-state index in [4.69, 9.17) is 9.47 Å². The molecule has 0 spiro atoms. The summed E-state index contributed by atoms with van der Waals surface area (Å²) in [6.45, 7) is 2.56. The Bertz CT molecular complexity index is 1820. The number of ether oxygens (including phenoxy) is 2. The maximum atomic E-state index is 13.6. The van der Waals surface area contributed by atoms with Crippen LogP contribution < -0.4 is 9.47 Å². The summed E-state index contributed by atoms with van der Waals surface area (Å²) >= 11 is 0. The molecular formula is C37H30N2O5. The van der Waals surface area contributed by atoms with Crippen LogP contribution in [-0.2, 0) is 22.7 Å². The minimum absolute atomic E-state index is 0.00387. The summed E-state index contributed by atoms with van der Waals surface area (Å²) in [4.78, 5) is 32.7. The van der Waals surface area contributed by atoms with Crippen molar-refractivity contribution >= 4 is 17.4 Å². The first-order valence-electron chi connectivity index (χ1n) is 14.3. The highest BCUT2D eigenvalue weighted by Gasteiger charge is 2.46. The minimum Gasteiger partial charge on any atom is -0.507 e. The maximum Gasteiger partial charge on any atom is 0.295 e. The molecule has 6 rings (SSSR count). The van der Waals surface area contributed by atoms with Crippen LogP contribution in [0.3, 0.4) is 0 Å². The highest BCUT2D eigenvalue weighted by Crippen LogP contribution is 2.41. The van der Waals surface area contributed by atoms with E-state index in [2.05, 4.69) is 11.1 Å². The Hall–Kier alpha value is -5.69. The van der Waals surface area contributed by atoms with Gasteiger partial charge in [0.1, 0.15) is 29.6 Å². The summed E-state index contributed by atoms with van der Waals surface area (Å²) in [5, 5.41) is 11.6. The Balaban J connectivity index is 1.34. The average Bonchev–Trinajstić information content (AvgIpc) is 3.30. The number of aryl methyl sites for hydroxylation is 1. The number of pyridine rings is 1. The summed E-state index contributed by atoms with van der Waals surface area (Å²) in [5.41, 5.74) is 3.98. The number of aromatic nitrogens is 1. The van der Waals surface area contributed by atoms with E-state index in [9.17, 15) is 14.7 Å². The zero-order valence-corrected chi connectivity index (χ0v) is 24.1. The van der Waals surface area contributed by atoms with Crippen molar-refractivity contribution in [3.8, 4) is 17.2 Å². The number of likely N-dealkylation sites (tertiary alicyclic amines) is 1. The van der Waals surface area contributed by atoms with Crippen molar-refractivity contribution in [1.29, 1.82) is 0 Å². The fourth-order valence-corrected chi connectivity index (χ4v) is 5.28. The predicted molar refractivity (Wildman–Crippen MR) is 167 cm³/mol. The van der Waals surface area contributed by atoms with Crippen molar-refractivity contribution in [3.63, 3.8) is 0 Å². The van der Waals surface area contributed by atoms with E-state index in [0.29, 0.717) is 35.0 Å². The van der Waals surface area contributed by atoms with Gasteiger partial charge in [-0.15, -0.1) is 0 Å². The van der Waals surface area contributed by atoms with Crippen LogP contribution in [0.25, 0.3) is 5.76 Å². The Morgan fingerprint density at radius 1 is 0.795 bits per heavy atom. The molecule has 0 radical (unpaired) electrons. The van der Waals surface area contributed by atoms with Gasteiger partial charge in [0.05, 0.1) is 11.6 Å². The smallest absolute Gasteiger partial charge is 0.295 e. The molecule has 1 saturated heterocycles. The zero-order chi connectivity index (χ0) is 30.5. The van der Waals surface area contributed by atoms with Crippen LogP contribution >= 0.6 is 0 Å². The average molecular weight is 583 g/mol. The number of carbonyl (C=O) groups is 2. The summed E-state index contributed by atoms with van der Waals surface area (Å²) in [6.07, 6.45) is 3.30. The quantitative estimate of drug-likeness (QED) is 0.111. The van der Waals surface area contributed by atoms with Gasteiger partial charge in [-0.25, -0.2) is 0 Å². The topological polar surface area (TPSA) is 89.0 Å².